The first-order chi connectivity index (χ1) is 10.2. The van der Waals surface area contributed by atoms with Gasteiger partial charge in [0.15, 0.2) is 0 Å². The van der Waals surface area contributed by atoms with E-state index in [0.29, 0.717) is 6.54 Å². The van der Waals surface area contributed by atoms with Crippen molar-refractivity contribution < 1.29 is 4.39 Å². The Balaban J connectivity index is 1.66. The summed E-state index contributed by atoms with van der Waals surface area (Å²) in [4.78, 5) is 6.37. The molecule has 1 aliphatic heterocycles. The molecule has 0 unspecified atom stereocenters. The smallest absolute Gasteiger partial charge is 0.148 e. The average molecular weight is 285 g/mol. The fraction of sp³-hybridized carbons (Fsp3) is 0.353. The minimum absolute atomic E-state index is 0.149. The molecule has 3 nitrogen and oxygen atoms in total. The maximum atomic E-state index is 14.2. The first-order valence-corrected chi connectivity index (χ1v) is 7.42. The molecule has 0 atom stereocenters. The topological polar surface area (TPSA) is 28.2 Å². The highest BCUT2D eigenvalue weighted by molar-refractivity contribution is 5.56. The van der Waals surface area contributed by atoms with E-state index < -0.39 is 0 Å². The van der Waals surface area contributed by atoms with Gasteiger partial charge in [-0.1, -0.05) is 6.07 Å². The molecular formula is C17H20FN3. The van der Waals surface area contributed by atoms with Gasteiger partial charge in [-0.3, -0.25) is 4.98 Å². The number of pyridine rings is 1. The van der Waals surface area contributed by atoms with Crippen LogP contribution in [0.5, 0.6) is 0 Å². The van der Waals surface area contributed by atoms with Crippen LogP contribution < -0.4 is 10.2 Å². The molecule has 1 aromatic heterocycles. The molecule has 3 rings (SSSR count). The molecule has 1 fully saturated rings. The third kappa shape index (κ3) is 3.32. The minimum Gasteiger partial charge on any atom is -0.381 e. The van der Waals surface area contributed by atoms with E-state index in [1.165, 1.54) is 0 Å². The fourth-order valence-corrected chi connectivity index (χ4v) is 2.64. The standard InChI is InChI=1S/C17H20FN3/c1-13-4-5-14(11-19-13)12-20-15-6-7-17(16(18)10-15)21-8-2-3-9-21/h4-7,10-11,20H,2-3,8-9,12H2,1H3. The van der Waals surface area contributed by atoms with Crippen LogP contribution >= 0.6 is 0 Å². The van der Waals surface area contributed by atoms with E-state index in [4.69, 9.17) is 0 Å². The van der Waals surface area contributed by atoms with Crippen molar-refractivity contribution >= 4 is 11.4 Å². The Morgan fingerprint density at radius 3 is 2.67 bits per heavy atom. The Hall–Kier alpha value is -2.10. The van der Waals surface area contributed by atoms with Crippen LogP contribution in [0.4, 0.5) is 15.8 Å². The second kappa shape index (κ2) is 6.12. The zero-order valence-electron chi connectivity index (χ0n) is 12.3. The van der Waals surface area contributed by atoms with Crippen molar-refractivity contribution in [2.24, 2.45) is 0 Å². The molecule has 1 aliphatic rings. The van der Waals surface area contributed by atoms with Gasteiger partial charge in [0, 0.05) is 37.2 Å². The van der Waals surface area contributed by atoms with Gasteiger partial charge in [0.05, 0.1) is 5.69 Å². The van der Waals surface area contributed by atoms with E-state index >= 15 is 0 Å². The van der Waals surface area contributed by atoms with Crippen LogP contribution in [-0.2, 0) is 6.54 Å². The van der Waals surface area contributed by atoms with Crippen molar-refractivity contribution in [1.82, 2.24) is 4.98 Å². The number of anilines is 2. The molecule has 0 bridgehead atoms. The number of hydrogen-bond acceptors (Lipinski definition) is 3. The summed E-state index contributed by atoms with van der Waals surface area (Å²) in [6.07, 6.45) is 4.15. The normalized spacial score (nSPS) is 14.5. The molecule has 0 amide bonds. The summed E-state index contributed by atoms with van der Waals surface area (Å²) in [6.45, 7) is 4.52. The molecule has 0 radical (unpaired) electrons. The van der Waals surface area contributed by atoms with Crippen LogP contribution in [0.1, 0.15) is 24.1 Å². The van der Waals surface area contributed by atoms with Gasteiger partial charge in [-0.2, -0.15) is 0 Å². The summed E-state index contributed by atoms with van der Waals surface area (Å²) in [7, 11) is 0. The van der Waals surface area contributed by atoms with E-state index in [9.17, 15) is 4.39 Å². The molecule has 21 heavy (non-hydrogen) atoms. The summed E-state index contributed by atoms with van der Waals surface area (Å²) in [5, 5.41) is 3.24. The lowest BCUT2D eigenvalue weighted by molar-refractivity contribution is 0.623. The van der Waals surface area contributed by atoms with Crippen LogP contribution in [0, 0.1) is 12.7 Å². The van der Waals surface area contributed by atoms with Gasteiger partial charge in [0.2, 0.25) is 0 Å². The lowest BCUT2D eigenvalue weighted by atomic mass is 10.2. The van der Waals surface area contributed by atoms with Crippen molar-refractivity contribution in [2.45, 2.75) is 26.3 Å². The van der Waals surface area contributed by atoms with Crippen LogP contribution in [0.15, 0.2) is 36.5 Å². The highest BCUT2D eigenvalue weighted by atomic mass is 19.1. The van der Waals surface area contributed by atoms with E-state index in [2.05, 4.69) is 15.2 Å². The van der Waals surface area contributed by atoms with Crippen molar-refractivity contribution in [3.05, 3.63) is 53.6 Å². The van der Waals surface area contributed by atoms with Gasteiger partial charge in [0.25, 0.3) is 0 Å². The summed E-state index contributed by atoms with van der Waals surface area (Å²) in [6, 6.07) is 9.41. The van der Waals surface area contributed by atoms with Crippen LogP contribution in [-0.4, -0.2) is 18.1 Å². The monoisotopic (exact) mass is 285 g/mol. The Morgan fingerprint density at radius 1 is 1.19 bits per heavy atom. The van der Waals surface area contributed by atoms with Crippen LogP contribution in [0.2, 0.25) is 0 Å². The Morgan fingerprint density at radius 2 is 2.00 bits per heavy atom. The minimum atomic E-state index is -0.149. The highest BCUT2D eigenvalue weighted by Crippen LogP contribution is 2.26. The first-order valence-electron chi connectivity index (χ1n) is 7.42. The molecule has 0 saturated carbocycles. The lowest BCUT2D eigenvalue weighted by Gasteiger charge is -2.19. The van der Waals surface area contributed by atoms with E-state index in [1.807, 2.05) is 37.4 Å². The predicted molar refractivity (Wildman–Crippen MR) is 84.1 cm³/mol. The van der Waals surface area contributed by atoms with E-state index in [-0.39, 0.29) is 5.82 Å². The number of aromatic nitrogens is 1. The van der Waals surface area contributed by atoms with Gasteiger partial charge in [-0.05, 0) is 49.6 Å². The highest BCUT2D eigenvalue weighted by Gasteiger charge is 2.16. The number of benzene rings is 1. The van der Waals surface area contributed by atoms with E-state index in [1.54, 1.807) is 6.07 Å². The van der Waals surface area contributed by atoms with Crippen molar-refractivity contribution in [3.63, 3.8) is 0 Å². The largest absolute Gasteiger partial charge is 0.381 e. The van der Waals surface area contributed by atoms with Gasteiger partial charge in [0.1, 0.15) is 5.82 Å². The number of nitrogens with one attached hydrogen (secondary N) is 1. The molecule has 1 saturated heterocycles. The zero-order chi connectivity index (χ0) is 14.7. The molecule has 4 heteroatoms. The van der Waals surface area contributed by atoms with Crippen LogP contribution in [0.3, 0.4) is 0 Å². The predicted octanol–water partition coefficient (Wildman–Crippen LogP) is 3.74. The molecule has 2 heterocycles. The summed E-state index contributed by atoms with van der Waals surface area (Å²) in [5.41, 5.74) is 3.61. The SMILES string of the molecule is Cc1ccc(CNc2ccc(N3CCCC3)c(F)c2)cn1. The first kappa shape index (κ1) is 13.9. The molecule has 0 spiro atoms. The van der Waals surface area contributed by atoms with Crippen molar-refractivity contribution in [3.8, 4) is 0 Å². The summed E-state index contributed by atoms with van der Waals surface area (Å²) >= 11 is 0. The molecule has 1 N–H and O–H groups in total. The number of nitrogens with zero attached hydrogens (tertiary/aromatic N) is 2. The molecule has 0 aliphatic carbocycles. The quantitative estimate of drug-likeness (QED) is 0.927. The van der Waals surface area contributed by atoms with Gasteiger partial charge in [-0.15, -0.1) is 0 Å². The number of hydrogen-bond donors (Lipinski definition) is 1. The fourth-order valence-electron chi connectivity index (χ4n) is 2.64. The Kier molecular flexibility index (Phi) is 4.04. The van der Waals surface area contributed by atoms with Crippen LogP contribution in [0.25, 0.3) is 0 Å². The molecular weight excluding hydrogens is 265 g/mol. The van der Waals surface area contributed by atoms with Crippen molar-refractivity contribution in [1.29, 1.82) is 0 Å². The molecule has 2 aromatic rings. The summed E-state index contributed by atoms with van der Waals surface area (Å²) < 4.78 is 14.2. The van der Waals surface area contributed by atoms with Crippen molar-refractivity contribution in [2.75, 3.05) is 23.3 Å². The average Bonchev–Trinajstić information content (AvgIpc) is 3.01. The summed E-state index contributed by atoms with van der Waals surface area (Å²) in [5.74, 6) is -0.149. The maximum absolute atomic E-state index is 14.2. The Bertz CT molecular complexity index is 604. The third-order valence-electron chi connectivity index (χ3n) is 3.86. The van der Waals surface area contributed by atoms with E-state index in [0.717, 1.165) is 48.6 Å². The number of halogens is 1. The second-order valence-electron chi connectivity index (χ2n) is 5.52. The van der Waals surface area contributed by atoms with Gasteiger partial charge in [-0.25, -0.2) is 4.39 Å². The molecule has 110 valence electrons. The maximum Gasteiger partial charge on any atom is 0.148 e. The zero-order valence-corrected chi connectivity index (χ0v) is 12.3. The van der Waals surface area contributed by atoms with Gasteiger partial charge < -0.3 is 10.2 Å². The lowest BCUT2D eigenvalue weighted by Crippen LogP contribution is -2.18. The Labute approximate surface area is 124 Å². The van der Waals surface area contributed by atoms with Gasteiger partial charge >= 0.3 is 0 Å². The number of rotatable bonds is 4. The second-order valence-corrected chi connectivity index (χ2v) is 5.52. The molecule has 1 aromatic carbocycles. The number of aryl methyl sites for hydroxylation is 1. The third-order valence-corrected chi connectivity index (χ3v) is 3.86.